The van der Waals surface area contributed by atoms with E-state index in [9.17, 15) is 0 Å². The van der Waals surface area contributed by atoms with Crippen molar-refractivity contribution >= 4 is 11.4 Å². The van der Waals surface area contributed by atoms with Crippen LogP contribution in [0.5, 0.6) is 0 Å². The maximum atomic E-state index is 3.86. The Labute approximate surface area is 193 Å². The van der Waals surface area contributed by atoms with Crippen LogP contribution in [0.1, 0.15) is 115 Å². The van der Waals surface area contributed by atoms with Gasteiger partial charge in [0.15, 0.2) is 0 Å². The summed E-state index contributed by atoms with van der Waals surface area (Å²) in [6.07, 6.45) is 19.4. The van der Waals surface area contributed by atoms with Gasteiger partial charge in [0.1, 0.15) is 0 Å². The second-order valence-corrected chi connectivity index (χ2v) is 9.21. The summed E-state index contributed by atoms with van der Waals surface area (Å²) in [5, 5.41) is 3.86. The minimum atomic E-state index is 1.18. The molecule has 2 aromatic rings. The Morgan fingerprint density at radius 3 is 1.61 bits per heavy atom. The maximum absolute atomic E-state index is 3.86. The first-order chi connectivity index (χ1) is 15.3. The third-order valence-corrected chi connectivity index (χ3v) is 6.35. The normalized spacial score (nSPS) is 11.1. The van der Waals surface area contributed by atoms with Gasteiger partial charge in [0.05, 0.1) is 0 Å². The van der Waals surface area contributed by atoms with E-state index >= 15 is 0 Å². The van der Waals surface area contributed by atoms with E-state index < -0.39 is 0 Å². The van der Waals surface area contributed by atoms with Gasteiger partial charge in [0.2, 0.25) is 0 Å². The monoisotopic (exact) mass is 421 g/mol. The van der Waals surface area contributed by atoms with Crippen LogP contribution < -0.4 is 5.32 Å². The van der Waals surface area contributed by atoms with E-state index in [1.807, 2.05) is 0 Å². The number of hydrogen-bond acceptors (Lipinski definition) is 1. The molecule has 2 aromatic carbocycles. The van der Waals surface area contributed by atoms with Crippen LogP contribution in [0.25, 0.3) is 0 Å². The number of aryl methyl sites for hydroxylation is 3. The topological polar surface area (TPSA) is 12.0 Å². The van der Waals surface area contributed by atoms with E-state index in [0.717, 1.165) is 0 Å². The number of nitrogens with one attached hydrogen (secondary N) is 1. The smallest absolute Gasteiger partial charge is 0.0449 e. The minimum absolute atomic E-state index is 1.18. The molecule has 0 aromatic heterocycles. The third kappa shape index (κ3) is 9.93. The Morgan fingerprint density at radius 2 is 1.06 bits per heavy atom. The van der Waals surface area contributed by atoms with Crippen LogP contribution in [0.15, 0.2) is 42.5 Å². The van der Waals surface area contributed by atoms with Crippen LogP contribution in [0.3, 0.4) is 0 Å². The molecule has 172 valence electrons. The van der Waals surface area contributed by atoms with Gasteiger partial charge in [-0.05, 0) is 67.3 Å². The Balaban J connectivity index is 2.12. The molecule has 0 saturated heterocycles. The van der Waals surface area contributed by atoms with Gasteiger partial charge in [-0.1, -0.05) is 109 Å². The molecule has 0 fully saturated rings. The van der Waals surface area contributed by atoms with Crippen molar-refractivity contribution in [2.24, 2.45) is 0 Å². The molecule has 1 heteroatoms. The zero-order valence-electron chi connectivity index (χ0n) is 20.6. The van der Waals surface area contributed by atoms with Gasteiger partial charge in [-0.2, -0.15) is 0 Å². The molecule has 1 nitrogen and oxygen atoms in total. The fourth-order valence-electron chi connectivity index (χ4n) is 4.42. The molecule has 0 amide bonds. The fraction of sp³-hybridized carbons (Fsp3) is 0.600. The standard InChI is InChI=1S/C30H47N/c1-4-7-10-13-18-26-19-16-24-29(25-26)31-30-27(20-14-11-8-5-2)22-17-23-28(30)21-15-12-9-6-3/h16-17,19,22-25,31H,4-15,18,20-21H2,1-3H3. The van der Waals surface area contributed by atoms with E-state index in [1.54, 1.807) is 0 Å². The summed E-state index contributed by atoms with van der Waals surface area (Å²) in [7, 11) is 0. The Morgan fingerprint density at radius 1 is 0.548 bits per heavy atom. The van der Waals surface area contributed by atoms with Crippen molar-refractivity contribution in [1.29, 1.82) is 0 Å². The molecule has 2 rings (SSSR count). The van der Waals surface area contributed by atoms with Gasteiger partial charge in [0, 0.05) is 11.4 Å². The lowest BCUT2D eigenvalue weighted by atomic mass is 9.97. The number of hydrogen-bond donors (Lipinski definition) is 1. The molecule has 0 saturated carbocycles. The maximum Gasteiger partial charge on any atom is 0.0449 e. The van der Waals surface area contributed by atoms with Crippen LogP contribution in [-0.4, -0.2) is 0 Å². The van der Waals surface area contributed by atoms with Gasteiger partial charge >= 0.3 is 0 Å². The van der Waals surface area contributed by atoms with E-state index in [0.29, 0.717) is 0 Å². The van der Waals surface area contributed by atoms with E-state index in [-0.39, 0.29) is 0 Å². The van der Waals surface area contributed by atoms with Crippen LogP contribution in [0.2, 0.25) is 0 Å². The molecule has 0 spiro atoms. The average Bonchev–Trinajstić information content (AvgIpc) is 2.79. The number of benzene rings is 2. The SMILES string of the molecule is CCCCCCc1cccc(Nc2c(CCCCCC)cccc2CCCCCC)c1. The fourth-order valence-corrected chi connectivity index (χ4v) is 4.42. The van der Waals surface area contributed by atoms with Crippen molar-refractivity contribution < 1.29 is 0 Å². The number of anilines is 2. The van der Waals surface area contributed by atoms with Gasteiger partial charge in [-0.3, -0.25) is 0 Å². The number of rotatable bonds is 17. The van der Waals surface area contributed by atoms with Crippen molar-refractivity contribution in [3.05, 3.63) is 59.2 Å². The predicted octanol–water partition coefficient (Wildman–Crippen LogP) is 9.80. The lowest BCUT2D eigenvalue weighted by Gasteiger charge is -2.18. The quantitative estimate of drug-likeness (QED) is 0.251. The molecule has 0 heterocycles. The van der Waals surface area contributed by atoms with Crippen molar-refractivity contribution in [2.75, 3.05) is 5.32 Å². The first-order valence-electron chi connectivity index (χ1n) is 13.2. The van der Waals surface area contributed by atoms with Gasteiger partial charge in [-0.25, -0.2) is 0 Å². The molecular formula is C30H47N. The summed E-state index contributed by atoms with van der Waals surface area (Å²) in [4.78, 5) is 0. The average molecular weight is 422 g/mol. The predicted molar refractivity (Wildman–Crippen MR) is 140 cm³/mol. The van der Waals surface area contributed by atoms with Crippen LogP contribution in [0, 0.1) is 0 Å². The lowest BCUT2D eigenvalue weighted by Crippen LogP contribution is -2.02. The van der Waals surface area contributed by atoms with Crippen LogP contribution >= 0.6 is 0 Å². The lowest BCUT2D eigenvalue weighted by molar-refractivity contribution is 0.662. The van der Waals surface area contributed by atoms with Crippen molar-refractivity contribution in [1.82, 2.24) is 0 Å². The summed E-state index contributed by atoms with van der Waals surface area (Å²) in [6.45, 7) is 6.86. The van der Waals surface area contributed by atoms with E-state index in [2.05, 4.69) is 68.6 Å². The minimum Gasteiger partial charge on any atom is -0.355 e. The molecule has 31 heavy (non-hydrogen) atoms. The van der Waals surface area contributed by atoms with Crippen LogP contribution in [0.4, 0.5) is 11.4 Å². The molecule has 0 atom stereocenters. The largest absolute Gasteiger partial charge is 0.355 e. The van der Waals surface area contributed by atoms with Gasteiger partial charge < -0.3 is 5.32 Å². The highest BCUT2D eigenvalue weighted by atomic mass is 14.9. The van der Waals surface area contributed by atoms with Crippen molar-refractivity contribution in [2.45, 2.75) is 117 Å². The summed E-state index contributed by atoms with van der Waals surface area (Å²) in [5.74, 6) is 0. The highest BCUT2D eigenvalue weighted by Crippen LogP contribution is 2.29. The molecule has 0 aliphatic carbocycles. The molecule has 0 bridgehead atoms. The van der Waals surface area contributed by atoms with Gasteiger partial charge in [0.25, 0.3) is 0 Å². The van der Waals surface area contributed by atoms with Crippen molar-refractivity contribution in [3.63, 3.8) is 0 Å². The second-order valence-electron chi connectivity index (χ2n) is 9.21. The highest BCUT2D eigenvalue weighted by Gasteiger charge is 2.10. The van der Waals surface area contributed by atoms with Gasteiger partial charge in [-0.15, -0.1) is 0 Å². The summed E-state index contributed by atoms with van der Waals surface area (Å²) >= 11 is 0. The zero-order chi connectivity index (χ0) is 22.2. The molecule has 0 aliphatic heterocycles. The highest BCUT2D eigenvalue weighted by molar-refractivity contribution is 5.67. The summed E-state index contributed by atoms with van der Waals surface area (Å²) in [6, 6.07) is 16.1. The zero-order valence-corrected chi connectivity index (χ0v) is 20.6. The second kappa shape index (κ2) is 16.0. The summed E-state index contributed by atoms with van der Waals surface area (Å²) in [5.41, 5.74) is 7.10. The molecule has 0 radical (unpaired) electrons. The molecule has 0 unspecified atom stereocenters. The first kappa shape index (κ1) is 25.5. The Hall–Kier alpha value is -1.76. The molecule has 0 aliphatic rings. The molecule has 1 N–H and O–H groups in total. The van der Waals surface area contributed by atoms with E-state index in [1.165, 1.54) is 124 Å². The van der Waals surface area contributed by atoms with Crippen molar-refractivity contribution in [3.8, 4) is 0 Å². The summed E-state index contributed by atoms with van der Waals surface area (Å²) < 4.78 is 0. The first-order valence-corrected chi connectivity index (χ1v) is 13.2. The Bertz CT molecular complexity index is 688. The number of unbranched alkanes of at least 4 members (excludes halogenated alkanes) is 9. The van der Waals surface area contributed by atoms with Crippen LogP contribution in [-0.2, 0) is 19.3 Å². The number of para-hydroxylation sites is 1. The third-order valence-electron chi connectivity index (χ3n) is 6.35. The van der Waals surface area contributed by atoms with E-state index in [4.69, 9.17) is 0 Å². The molecular weight excluding hydrogens is 374 g/mol. The Kier molecular flexibility index (Phi) is 13.1.